The van der Waals surface area contributed by atoms with Gasteiger partial charge in [-0.3, -0.25) is 4.79 Å². The third-order valence-electron chi connectivity index (χ3n) is 4.91. The van der Waals surface area contributed by atoms with Crippen molar-refractivity contribution in [1.29, 1.82) is 0 Å². The van der Waals surface area contributed by atoms with E-state index in [1.165, 1.54) is 38.5 Å². The smallest absolute Gasteiger partial charge is 0.271 e. The largest absolute Gasteiger partial charge is 0.494 e. The fraction of sp³-hybridized carbons (Fsp3) is 0.462. The SMILES string of the molecule is CCCCCCCOc1ccc(C(=O)N/N=C/c2ccc(OCCCCC)cc2)cc1. The van der Waals surface area contributed by atoms with E-state index in [2.05, 4.69) is 24.4 Å². The van der Waals surface area contributed by atoms with E-state index in [4.69, 9.17) is 9.47 Å². The zero-order valence-corrected chi connectivity index (χ0v) is 18.9. The summed E-state index contributed by atoms with van der Waals surface area (Å²) in [4.78, 5) is 12.2. The Morgan fingerprint density at radius 2 is 1.29 bits per heavy atom. The number of nitrogens with one attached hydrogen (secondary N) is 1. The molecule has 0 bridgehead atoms. The lowest BCUT2D eigenvalue weighted by Crippen LogP contribution is -2.17. The van der Waals surface area contributed by atoms with E-state index in [0.29, 0.717) is 12.2 Å². The summed E-state index contributed by atoms with van der Waals surface area (Å²) in [7, 11) is 0. The van der Waals surface area contributed by atoms with Crippen molar-refractivity contribution < 1.29 is 14.3 Å². The molecule has 5 heteroatoms. The predicted molar refractivity (Wildman–Crippen MR) is 127 cm³/mol. The van der Waals surface area contributed by atoms with Crippen LogP contribution in [0.5, 0.6) is 11.5 Å². The molecule has 2 rings (SSSR count). The van der Waals surface area contributed by atoms with Crippen LogP contribution in [0.15, 0.2) is 53.6 Å². The first-order chi connectivity index (χ1) is 15.2. The number of hydrogen-bond donors (Lipinski definition) is 1. The second kappa shape index (κ2) is 15.1. The Morgan fingerprint density at radius 3 is 1.90 bits per heavy atom. The average molecular weight is 425 g/mol. The van der Waals surface area contributed by atoms with Gasteiger partial charge in [-0.15, -0.1) is 0 Å². The highest BCUT2D eigenvalue weighted by molar-refractivity contribution is 5.95. The van der Waals surface area contributed by atoms with Crippen LogP contribution in [-0.4, -0.2) is 25.3 Å². The van der Waals surface area contributed by atoms with Gasteiger partial charge in [-0.05, 0) is 66.9 Å². The second-order valence-corrected chi connectivity index (χ2v) is 7.61. The van der Waals surface area contributed by atoms with E-state index in [1.807, 2.05) is 36.4 Å². The van der Waals surface area contributed by atoms with Gasteiger partial charge >= 0.3 is 0 Å². The molecule has 0 aliphatic rings. The summed E-state index contributed by atoms with van der Waals surface area (Å²) in [5, 5.41) is 4.05. The van der Waals surface area contributed by atoms with Crippen molar-refractivity contribution in [3.05, 3.63) is 59.7 Å². The van der Waals surface area contributed by atoms with Crippen LogP contribution in [0.2, 0.25) is 0 Å². The fourth-order valence-corrected chi connectivity index (χ4v) is 3.02. The molecule has 0 atom stereocenters. The molecule has 1 amide bonds. The lowest BCUT2D eigenvalue weighted by atomic mass is 10.2. The number of hydrogen-bond acceptors (Lipinski definition) is 4. The summed E-state index contributed by atoms with van der Waals surface area (Å²) < 4.78 is 11.4. The number of ether oxygens (including phenoxy) is 2. The van der Waals surface area contributed by atoms with Gasteiger partial charge in [-0.1, -0.05) is 52.4 Å². The summed E-state index contributed by atoms with van der Waals surface area (Å²) in [5.74, 6) is 1.38. The third-order valence-corrected chi connectivity index (χ3v) is 4.91. The minimum Gasteiger partial charge on any atom is -0.494 e. The van der Waals surface area contributed by atoms with Gasteiger partial charge in [-0.2, -0.15) is 5.10 Å². The minimum atomic E-state index is -0.252. The van der Waals surface area contributed by atoms with Crippen molar-refractivity contribution in [1.82, 2.24) is 5.43 Å². The Hall–Kier alpha value is -2.82. The highest BCUT2D eigenvalue weighted by atomic mass is 16.5. The Kier molecular flexibility index (Phi) is 11.9. The first-order valence-electron chi connectivity index (χ1n) is 11.5. The molecule has 0 radical (unpaired) electrons. The molecule has 2 aromatic rings. The van der Waals surface area contributed by atoms with Crippen LogP contribution in [0.3, 0.4) is 0 Å². The summed E-state index contributed by atoms with van der Waals surface area (Å²) >= 11 is 0. The van der Waals surface area contributed by atoms with Gasteiger partial charge in [0, 0.05) is 5.56 Å². The number of carbonyl (C=O) groups excluding carboxylic acids is 1. The molecule has 0 saturated heterocycles. The predicted octanol–water partition coefficient (Wildman–Crippen LogP) is 6.37. The molecule has 1 N–H and O–H groups in total. The maximum atomic E-state index is 12.2. The first-order valence-corrected chi connectivity index (χ1v) is 11.5. The Morgan fingerprint density at radius 1 is 0.774 bits per heavy atom. The summed E-state index contributed by atoms with van der Waals surface area (Å²) in [6.45, 7) is 5.83. The zero-order chi connectivity index (χ0) is 22.2. The lowest BCUT2D eigenvalue weighted by molar-refractivity contribution is 0.0955. The second-order valence-electron chi connectivity index (χ2n) is 7.61. The van der Waals surface area contributed by atoms with Gasteiger partial charge in [0.2, 0.25) is 0 Å². The van der Waals surface area contributed by atoms with Crippen LogP contribution in [0, 0.1) is 0 Å². The maximum Gasteiger partial charge on any atom is 0.271 e. The molecular formula is C26H36N2O3. The number of hydrazone groups is 1. The van der Waals surface area contributed by atoms with Crippen molar-refractivity contribution in [2.24, 2.45) is 5.10 Å². The van der Waals surface area contributed by atoms with E-state index in [0.717, 1.165) is 36.5 Å². The average Bonchev–Trinajstić information content (AvgIpc) is 2.80. The monoisotopic (exact) mass is 424 g/mol. The van der Waals surface area contributed by atoms with E-state index in [9.17, 15) is 4.79 Å². The van der Waals surface area contributed by atoms with E-state index in [-0.39, 0.29) is 5.91 Å². The van der Waals surface area contributed by atoms with E-state index >= 15 is 0 Å². The van der Waals surface area contributed by atoms with Crippen molar-refractivity contribution in [2.45, 2.75) is 65.2 Å². The van der Waals surface area contributed by atoms with Gasteiger partial charge in [-0.25, -0.2) is 5.43 Å². The number of nitrogens with zero attached hydrogens (tertiary/aromatic N) is 1. The first kappa shape index (κ1) is 24.4. The standard InChI is InChI=1S/C26H36N2O3/c1-3-5-7-8-10-20-31-25-17-13-23(14-18-25)26(29)28-27-21-22-11-15-24(16-12-22)30-19-9-6-4-2/h11-18,21H,3-10,19-20H2,1-2H3,(H,28,29)/b27-21+. The topological polar surface area (TPSA) is 59.9 Å². The van der Waals surface area contributed by atoms with Gasteiger partial charge in [0.1, 0.15) is 11.5 Å². The molecule has 0 spiro atoms. The van der Waals surface area contributed by atoms with Crippen molar-refractivity contribution in [3.8, 4) is 11.5 Å². The van der Waals surface area contributed by atoms with Crippen LogP contribution >= 0.6 is 0 Å². The van der Waals surface area contributed by atoms with Gasteiger partial charge in [0.25, 0.3) is 5.91 Å². The fourth-order valence-electron chi connectivity index (χ4n) is 3.02. The molecular weight excluding hydrogens is 388 g/mol. The van der Waals surface area contributed by atoms with Crippen LogP contribution in [0.25, 0.3) is 0 Å². The number of rotatable bonds is 15. The van der Waals surface area contributed by atoms with Gasteiger partial charge in [0.15, 0.2) is 0 Å². The highest BCUT2D eigenvalue weighted by Crippen LogP contribution is 2.14. The lowest BCUT2D eigenvalue weighted by Gasteiger charge is -2.07. The van der Waals surface area contributed by atoms with Gasteiger partial charge in [0.05, 0.1) is 19.4 Å². The zero-order valence-electron chi connectivity index (χ0n) is 18.9. The summed E-state index contributed by atoms with van der Waals surface area (Å²) in [6.07, 6.45) is 11.1. The molecule has 5 nitrogen and oxygen atoms in total. The highest BCUT2D eigenvalue weighted by Gasteiger charge is 2.04. The number of benzene rings is 2. The molecule has 0 aliphatic carbocycles. The number of carbonyl (C=O) groups is 1. The molecule has 0 heterocycles. The molecule has 31 heavy (non-hydrogen) atoms. The molecule has 0 saturated carbocycles. The summed E-state index contributed by atoms with van der Waals surface area (Å²) in [6, 6.07) is 14.8. The Balaban J connectivity index is 1.70. The normalized spacial score (nSPS) is 10.9. The van der Waals surface area contributed by atoms with Crippen LogP contribution in [0.1, 0.15) is 81.1 Å². The molecule has 0 aliphatic heterocycles. The Labute approximate surface area is 186 Å². The molecule has 0 unspecified atom stereocenters. The quantitative estimate of drug-likeness (QED) is 0.205. The number of amides is 1. The van der Waals surface area contributed by atoms with E-state index < -0.39 is 0 Å². The molecule has 2 aromatic carbocycles. The van der Waals surface area contributed by atoms with Crippen LogP contribution in [-0.2, 0) is 0 Å². The van der Waals surface area contributed by atoms with Crippen molar-refractivity contribution in [2.75, 3.05) is 13.2 Å². The van der Waals surface area contributed by atoms with E-state index in [1.54, 1.807) is 18.3 Å². The molecule has 0 aromatic heterocycles. The molecule has 168 valence electrons. The summed E-state index contributed by atoms with van der Waals surface area (Å²) in [5.41, 5.74) is 4.00. The van der Waals surface area contributed by atoms with Crippen LogP contribution in [0.4, 0.5) is 0 Å². The third kappa shape index (κ3) is 10.2. The minimum absolute atomic E-state index is 0.252. The molecule has 0 fully saturated rings. The Bertz CT molecular complexity index is 770. The van der Waals surface area contributed by atoms with Gasteiger partial charge < -0.3 is 9.47 Å². The maximum absolute atomic E-state index is 12.2. The van der Waals surface area contributed by atoms with Crippen molar-refractivity contribution in [3.63, 3.8) is 0 Å². The number of unbranched alkanes of at least 4 members (excludes halogenated alkanes) is 6. The van der Waals surface area contributed by atoms with Crippen LogP contribution < -0.4 is 14.9 Å². The van der Waals surface area contributed by atoms with Crippen molar-refractivity contribution >= 4 is 12.1 Å².